The maximum Gasteiger partial charge on any atom is 0.246 e. The van der Waals surface area contributed by atoms with Crippen molar-refractivity contribution in [1.29, 1.82) is 0 Å². The van der Waals surface area contributed by atoms with Crippen LogP contribution in [-0.2, 0) is 9.53 Å². The minimum atomic E-state index is -0.383. The Morgan fingerprint density at radius 2 is 1.87 bits per heavy atom. The average molecular weight is 436 g/mol. The van der Waals surface area contributed by atoms with E-state index in [9.17, 15) is 14.4 Å². The molecule has 0 aliphatic carbocycles. The summed E-state index contributed by atoms with van der Waals surface area (Å²) in [5.74, 6) is -0.358. The van der Waals surface area contributed by atoms with Gasteiger partial charge in [-0.1, -0.05) is 18.6 Å². The van der Waals surface area contributed by atoms with Crippen molar-refractivity contribution in [2.75, 3.05) is 46.4 Å². The molecule has 0 aromatic heterocycles. The monoisotopic (exact) mass is 435 g/mol. The third-order valence-corrected chi connectivity index (χ3v) is 6.87. The van der Waals surface area contributed by atoms with Crippen LogP contribution in [0.15, 0.2) is 24.3 Å². The Hall–Kier alpha value is -1.54. The van der Waals surface area contributed by atoms with Crippen molar-refractivity contribution >= 4 is 5.91 Å². The van der Waals surface area contributed by atoms with E-state index in [4.69, 9.17) is 4.74 Å². The number of nitrogens with zero attached hydrogens (tertiary/aromatic N) is 2. The van der Waals surface area contributed by atoms with Crippen LogP contribution in [0.5, 0.6) is 0 Å². The van der Waals surface area contributed by atoms with Gasteiger partial charge in [-0.25, -0.2) is 9.87 Å². The first-order chi connectivity index (χ1) is 15.1. The van der Waals surface area contributed by atoms with E-state index in [1.54, 1.807) is 19.2 Å². The van der Waals surface area contributed by atoms with Crippen molar-refractivity contribution in [3.8, 4) is 0 Å². The van der Waals surface area contributed by atoms with Crippen LogP contribution in [0.4, 0.5) is 4.39 Å². The lowest BCUT2D eigenvalue weighted by molar-refractivity contribution is -0.135. The first-order valence-corrected chi connectivity index (χ1v) is 11.8. The van der Waals surface area contributed by atoms with Gasteiger partial charge in [0.05, 0.1) is 6.10 Å². The molecule has 2 aliphatic heterocycles. The summed E-state index contributed by atoms with van der Waals surface area (Å²) in [6.45, 7) is 6.63. The lowest BCUT2D eigenvalue weighted by atomic mass is 9.92. The Bertz CT molecular complexity index is 667. The molecule has 0 spiro atoms. The second-order valence-electron chi connectivity index (χ2n) is 9.14. The largest absolute Gasteiger partial charge is 0.377 e. The topological polar surface area (TPSA) is 65.0 Å². The smallest absolute Gasteiger partial charge is 0.246 e. The molecule has 2 aliphatic rings. The van der Waals surface area contributed by atoms with Gasteiger partial charge in [0.15, 0.2) is 0 Å². The number of piperidine rings is 2. The predicted octanol–water partition coefficient (Wildman–Crippen LogP) is 3.61. The zero-order chi connectivity index (χ0) is 22.1. The molecule has 6 nitrogen and oxygen atoms in total. The summed E-state index contributed by atoms with van der Waals surface area (Å²) >= 11 is 0. The number of ether oxygens (including phenoxy) is 1. The SMILES string of the molecule is CO[C@H](C[C@H](CCN1CCCC(CN2CCCCC2)C1)C(=O)NO)c1ccc(F)cc1. The number of amides is 1. The minimum absolute atomic E-state index is 0.299. The number of benzene rings is 1. The first-order valence-electron chi connectivity index (χ1n) is 11.8. The van der Waals surface area contributed by atoms with Gasteiger partial charge >= 0.3 is 0 Å². The fourth-order valence-electron chi connectivity index (χ4n) is 5.10. The quantitative estimate of drug-likeness (QED) is 0.434. The van der Waals surface area contributed by atoms with Gasteiger partial charge in [-0.3, -0.25) is 10.0 Å². The number of halogens is 1. The van der Waals surface area contributed by atoms with Crippen LogP contribution in [0.1, 0.15) is 56.6 Å². The molecular weight excluding hydrogens is 397 g/mol. The van der Waals surface area contributed by atoms with Gasteiger partial charge < -0.3 is 14.5 Å². The molecular formula is C24H38FN3O3. The van der Waals surface area contributed by atoms with Crippen LogP contribution in [0.3, 0.4) is 0 Å². The number of hydrogen-bond acceptors (Lipinski definition) is 5. The molecule has 1 aromatic rings. The highest BCUT2D eigenvalue weighted by atomic mass is 19.1. The highest BCUT2D eigenvalue weighted by molar-refractivity contribution is 5.77. The summed E-state index contributed by atoms with van der Waals surface area (Å²) in [5.41, 5.74) is 2.66. The van der Waals surface area contributed by atoms with Gasteiger partial charge in [0, 0.05) is 26.1 Å². The number of carbonyl (C=O) groups excluding carboxylic acids is 1. The van der Waals surface area contributed by atoms with Crippen molar-refractivity contribution in [3.63, 3.8) is 0 Å². The van der Waals surface area contributed by atoms with Gasteiger partial charge in [0.25, 0.3) is 0 Å². The van der Waals surface area contributed by atoms with Gasteiger partial charge in [-0.2, -0.15) is 0 Å². The van der Waals surface area contributed by atoms with Crippen LogP contribution in [0.25, 0.3) is 0 Å². The van der Waals surface area contributed by atoms with Crippen LogP contribution in [0, 0.1) is 17.7 Å². The Labute approximate surface area is 185 Å². The maximum atomic E-state index is 13.3. The summed E-state index contributed by atoms with van der Waals surface area (Å²) in [7, 11) is 1.60. The summed E-state index contributed by atoms with van der Waals surface area (Å²) in [4.78, 5) is 17.4. The second kappa shape index (κ2) is 12.5. The predicted molar refractivity (Wildman–Crippen MR) is 118 cm³/mol. The maximum absolute atomic E-state index is 13.3. The normalized spacial score (nSPS) is 22.7. The Morgan fingerprint density at radius 1 is 1.16 bits per heavy atom. The number of nitrogens with one attached hydrogen (secondary N) is 1. The Kier molecular flexibility index (Phi) is 9.71. The molecule has 31 heavy (non-hydrogen) atoms. The molecule has 1 unspecified atom stereocenters. The molecule has 1 amide bonds. The van der Waals surface area contributed by atoms with E-state index in [0.717, 1.165) is 25.2 Å². The number of rotatable bonds is 10. The fourth-order valence-corrected chi connectivity index (χ4v) is 5.10. The van der Waals surface area contributed by atoms with E-state index in [-0.39, 0.29) is 23.7 Å². The average Bonchev–Trinajstić information content (AvgIpc) is 2.80. The van der Waals surface area contributed by atoms with Gasteiger partial charge in [0.2, 0.25) is 5.91 Å². The zero-order valence-electron chi connectivity index (χ0n) is 18.8. The highest BCUT2D eigenvalue weighted by Crippen LogP contribution is 2.28. The lowest BCUT2D eigenvalue weighted by Gasteiger charge is -2.37. The lowest BCUT2D eigenvalue weighted by Crippen LogP contribution is -2.43. The third kappa shape index (κ3) is 7.52. The second-order valence-corrected chi connectivity index (χ2v) is 9.14. The molecule has 2 N–H and O–H groups in total. The van der Waals surface area contributed by atoms with E-state index < -0.39 is 0 Å². The van der Waals surface area contributed by atoms with Crippen LogP contribution >= 0.6 is 0 Å². The molecule has 0 saturated carbocycles. The van der Waals surface area contributed by atoms with Gasteiger partial charge in [-0.05, 0) is 88.3 Å². The number of likely N-dealkylation sites (tertiary alicyclic amines) is 2. The van der Waals surface area contributed by atoms with Gasteiger partial charge in [0.1, 0.15) is 5.82 Å². The first kappa shape index (κ1) is 24.1. The standard InChI is InChI=1S/C24H38FN3O3/c1-31-23(20-7-9-22(25)10-8-20)16-21(24(29)26-30)11-15-28-14-5-6-19(18-28)17-27-12-3-2-4-13-27/h7-10,19,21,23,30H,2-6,11-18H2,1H3,(H,26,29)/t19?,21-,23+/m0/s1. The van der Waals surface area contributed by atoms with E-state index in [2.05, 4.69) is 9.80 Å². The van der Waals surface area contributed by atoms with E-state index in [1.807, 2.05) is 5.48 Å². The summed E-state index contributed by atoms with van der Waals surface area (Å²) < 4.78 is 18.9. The molecule has 3 rings (SSSR count). The minimum Gasteiger partial charge on any atom is -0.377 e. The van der Waals surface area contributed by atoms with Crippen molar-refractivity contribution in [3.05, 3.63) is 35.6 Å². The van der Waals surface area contributed by atoms with Crippen LogP contribution in [0.2, 0.25) is 0 Å². The fraction of sp³-hybridized carbons (Fsp3) is 0.708. The van der Waals surface area contributed by atoms with Crippen molar-refractivity contribution < 1.29 is 19.1 Å². The van der Waals surface area contributed by atoms with E-state index >= 15 is 0 Å². The number of hydroxylamine groups is 1. The molecule has 3 atom stereocenters. The van der Waals surface area contributed by atoms with E-state index in [1.165, 1.54) is 63.9 Å². The molecule has 0 radical (unpaired) electrons. The van der Waals surface area contributed by atoms with E-state index in [0.29, 0.717) is 18.8 Å². The molecule has 2 saturated heterocycles. The highest BCUT2D eigenvalue weighted by Gasteiger charge is 2.27. The summed E-state index contributed by atoms with van der Waals surface area (Å²) in [5, 5.41) is 9.25. The van der Waals surface area contributed by atoms with Crippen molar-refractivity contribution in [1.82, 2.24) is 15.3 Å². The van der Waals surface area contributed by atoms with Crippen LogP contribution < -0.4 is 5.48 Å². The van der Waals surface area contributed by atoms with Crippen molar-refractivity contribution in [2.24, 2.45) is 11.8 Å². The molecule has 1 aromatic carbocycles. The van der Waals surface area contributed by atoms with Crippen LogP contribution in [-0.4, -0.2) is 67.3 Å². The molecule has 7 heteroatoms. The molecule has 174 valence electrons. The zero-order valence-corrected chi connectivity index (χ0v) is 18.8. The summed E-state index contributed by atoms with van der Waals surface area (Å²) in [6, 6.07) is 6.18. The number of carbonyl (C=O) groups is 1. The molecule has 0 bridgehead atoms. The number of methoxy groups -OCH3 is 1. The molecule has 2 fully saturated rings. The number of hydrogen-bond donors (Lipinski definition) is 2. The summed E-state index contributed by atoms with van der Waals surface area (Å²) in [6.07, 6.45) is 7.27. The van der Waals surface area contributed by atoms with Crippen molar-refractivity contribution in [2.45, 2.75) is 51.0 Å². The Balaban J connectivity index is 1.52. The van der Waals surface area contributed by atoms with Gasteiger partial charge in [-0.15, -0.1) is 0 Å². The Morgan fingerprint density at radius 3 is 2.55 bits per heavy atom. The third-order valence-electron chi connectivity index (χ3n) is 6.87. The molecule has 2 heterocycles.